The van der Waals surface area contributed by atoms with Gasteiger partial charge in [0.1, 0.15) is 10.6 Å². The van der Waals surface area contributed by atoms with Crippen molar-refractivity contribution < 1.29 is 14.3 Å². The smallest absolute Gasteiger partial charge is 0.353 e. The van der Waals surface area contributed by atoms with Crippen LogP contribution in [0.25, 0.3) is 0 Å². The first-order valence-electron chi connectivity index (χ1n) is 4.61. The lowest BCUT2D eigenvalue weighted by atomic mass is 10.2. The molecule has 2 aromatic rings. The lowest BCUT2D eigenvalue weighted by molar-refractivity contribution is 0.0738. The molecule has 4 heteroatoms. The number of aldehydes is 1. The van der Waals surface area contributed by atoms with Crippen molar-refractivity contribution in [3.8, 4) is 5.75 Å². The fourth-order valence-corrected chi connectivity index (χ4v) is 1.81. The fourth-order valence-electron chi connectivity index (χ4n) is 1.22. The van der Waals surface area contributed by atoms with E-state index in [9.17, 15) is 9.59 Å². The molecule has 0 bridgehead atoms. The number of para-hydroxylation sites is 1. The molecular formula is C12H8O3S. The fraction of sp³-hybridized carbons (Fsp3) is 0. The van der Waals surface area contributed by atoms with Crippen molar-refractivity contribution >= 4 is 23.6 Å². The second-order valence-electron chi connectivity index (χ2n) is 3.02. The lowest BCUT2D eigenvalue weighted by Crippen LogP contribution is -2.07. The Morgan fingerprint density at radius 3 is 2.69 bits per heavy atom. The van der Waals surface area contributed by atoms with E-state index in [4.69, 9.17) is 4.74 Å². The summed E-state index contributed by atoms with van der Waals surface area (Å²) in [5.41, 5.74) is 0.368. The standard InChI is InChI=1S/C12H8O3S/c13-8-9-4-1-2-5-10(9)15-12(14)11-6-3-7-16-11/h1-8H. The van der Waals surface area contributed by atoms with Crippen LogP contribution < -0.4 is 4.74 Å². The van der Waals surface area contributed by atoms with Gasteiger partial charge in [-0.3, -0.25) is 4.79 Å². The van der Waals surface area contributed by atoms with E-state index in [0.717, 1.165) is 0 Å². The highest BCUT2D eigenvalue weighted by Gasteiger charge is 2.11. The predicted octanol–water partition coefficient (Wildman–Crippen LogP) is 2.78. The number of hydrogen-bond donors (Lipinski definition) is 0. The number of esters is 1. The van der Waals surface area contributed by atoms with Crippen molar-refractivity contribution in [2.24, 2.45) is 0 Å². The summed E-state index contributed by atoms with van der Waals surface area (Å²) in [4.78, 5) is 22.8. The Hall–Kier alpha value is -1.94. The van der Waals surface area contributed by atoms with Gasteiger partial charge in [-0.15, -0.1) is 11.3 Å². The average Bonchev–Trinajstić information content (AvgIpc) is 2.83. The van der Waals surface area contributed by atoms with Gasteiger partial charge in [0.2, 0.25) is 0 Å². The van der Waals surface area contributed by atoms with E-state index in [-0.39, 0.29) is 5.75 Å². The van der Waals surface area contributed by atoms with Crippen molar-refractivity contribution in [1.82, 2.24) is 0 Å². The van der Waals surface area contributed by atoms with Crippen LogP contribution in [-0.2, 0) is 0 Å². The molecule has 80 valence electrons. The van der Waals surface area contributed by atoms with E-state index in [1.54, 1.807) is 41.8 Å². The maximum absolute atomic E-state index is 11.6. The minimum absolute atomic E-state index is 0.288. The van der Waals surface area contributed by atoms with Gasteiger partial charge in [-0.05, 0) is 23.6 Å². The Labute approximate surface area is 96.3 Å². The van der Waals surface area contributed by atoms with Gasteiger partial charge < -0.3 is 4.74 Å². The first kappa shape index (κ1) is 10.6. The van der Waals surface area contributed by atoms with Crippen molar-refractivity contribution in [3.05, 3.63) is 52.2 Å². The van der Waals surface area contributed by atoms with Crippen LogP contribution in [0.3, 0.4) is 0 Å². The van der Waals surface area contributed by atoms with Crippen LogP contribution >= 0.6 is 11.3 Å². The Balaban J connectivity index is 2.21. The molecule has 3 nitrogen and oxygen atoms in total. The van der Waals surface area contributed by atoms with Gasteiger partial charge in [0.15, 0.2) is 6.29 Å². The number of carbonyl (C=O) groups excluding carboxylic acids is 2. The Morgan fingerprint density at radius 1 is 1.19 bits per heavy atom. The van der Waals surface area contributed by atoms with Crippen LogP contribution in [0.15, 0.2) is 41.8 Å². The highest BCUT2D eigenvalue weighted by atomic mass is 32.1. The zero-order valence-corrected chi connectivity index (χ0v) is 9.07. The molecule has 0 N–H and O–H groups in total. The first-order chi connectivity index (χ1) is 7.81. The van der Waals surface area contributed by atoms with Crippen molar-refractivity contribution in [3.63, 3.8) is 0 Å². The topological polar surface area (TPSA) is 43.4 Å². The largest absolute Gasteiger partial charge is 0.422 e. The highest BCUT2D eigenvalue weighted by Crippen LogP contribution is 2.18. The molecule has 0 saturated heterocycles. The van der Waals surface area contributed by atoms with Crippen molar-refractivity contribution in [2.45, 2.75) is 0 Å². The Kier molecular flexibility index (Phi) is 3.12. The van der Waals surface area contributed by atoms with Crippen LogP contribution in [0.4, 0.5) is 0 Å². The van der Waals surface area contributed by atoms with E-state index in [2.05, 4.69) is 0 Å². The summed E-state index contributed by atoms with van der Waals surface area (Å²) in [7, 11) is 0. The predicted molar refractivity (Wildman–Crippen MR) is 61.1 cm³/mol. The second kappa shape index (κ2) is 4.72. The number of benzene rings is 1. The summed E-state index contributed by atoms with van der Waals surface area (Å²) in [6.45, 7) is 0. The molecule has 0 atom stereocenters. The molecule has 1 heterocycles. The summed E-state index contributed by atoms with van der Waals surface area (Å²) >= 11 is 1.30. The average molecular weight is 232 g/mol. The van der Waals surface area contributed by atoms with Gasteiger partial charge >= 0.3 is 5.97 Å². The molecule has 0 aliphatic heterocycles. The zero-order valence-electron chi connectivity index (χ0n) is 8.25. The molecule has 0 aliphatic carbocycles. The SMILES string of the molecule is O=Cc1ccccc1OC(=O)c1cccs1. The van der Waals surface area contributed by atoms with Crippen LogP contribution in [0.1, 0.15) is 20.0 Å². The van der Waals surface area contributed by atoms with Crippen molar-refractivity contribution in [1.29, 1.82) is 0 Å². The monoisotopic (exact) mass is 232 g/mol. The van der Waals surface area contributed by atoms with Crippen molar-refractivity contribution in [2.75, 3.05) is 0 Å². The molecule has 0 radical (unpaired) electrons. The van der Waals surface area contributed by atoms with Crippen LogP contribution in [0, 0.1) is 0 Å². The van der Waals surface area contributed by atoms with E-state index in [1.807, 2.05) is 0 Å². The highest BCUT2D eigenvalue weighted by molar-refractivity contribution is 7.12. The Bertz CT molecular complexity index is 503. The van der Waals surface area contributed by atoms with E-state index in [1.165, 1.54) is 11.3 Å². The quantitative estimate of drug-likeness (QED) is 0.464. The molecule has 0 aliphatic rings. The van der Waals surface area contributed by atoms with Gasteiger partial charge in [-0.25, -0.2) is 4.79 Å². The maximum atomic E-state index is 11.6. The number of thiophene rings is 1. The third-order valence-corrected chi connectivity index (χ3v) is 2.82. The second-order valence-corrected chi connectivity index (χ2v) is 3.97. The van der Waals surface area contributed by atoms with Gasteiger partial charge in [0.05, 0.1) is 5.56 Å². The minimum Gasteiger partial charge on any atom is -0.422 e. The van der Waals surface area contributed by atoms with Gasteiger partial charge in [0.25, 0.3) is 0 Å². The number of carbonyl (C=O) groups is 2. The molecule has 0 amide bonds. The van der Waals surface area contributed by atoms with E-state index in [0.29, 0.717) is 16.7 Å². The zero-order chi connectivity index (χ0) is 11.4. The number of rotatable bonds is 3. The maximum Gasteiger partial charge on any atom is 0.353 e. The molecule has 2 rings (SSSR count). The van der Waals surface area contributed by atoms with E-state index >= 15 is 0 Å². The third kappa shape index (κ3) is 2.17. The number of hydrogen-bond acceptors (Lipinski definition) is 4. The minimum atomic E-state index is -0.440. The molecule has 0 saturated carbocycles. The van der Waals surface area contributed by atoms with Crippen LogP contribution in [-0.4, -0.2) is 12.3 Å². The van der Waals surface area contributed by atoms with Gasteiger partial charge in [0, 0.05) is 0 Å². The molecule has 0 unspecified atom stereocenters. The normalized spacial score (nSPS) is 9.75. The lowest BCUT2D eigenvalue weighted by Gasteiger charge is -2.04. The summed E-state index contributed by atoms with van der Waals surface area (Å²) in [6, 6.07) is 10.1. The first-order valence-corrected chi connectivity index (χ1v) is 5.49. The Morgan fingerprint density at radius 2 is 2.00 bits per heavy atom. The van der Waals surface area contributed by atoms with Crippen LogP contribution in [0.5, 0.6) is 5.75 Å². The van der Waals surface area contributed by atoms with Crippen LogP contribution in [0.2, 0.25) is 0 Å². The third-order valence-electron chi connectivity index (χ3n) is 1.97. The molecule has 1 aromatic heterocycles. The summed E-state index contributed by atoms with van der Waals surface area (Å²) in [6.07, 6.45) is 0.664. The molecule has 16 heavy (non-hydrogen) atoms. The summed E-state index contributed by atoms with van der Waals surface area (Å²) < 4.78 is 5.12. The molecule has 0 spiro atoms. The van der Waals surface area contributed by atoms with Gasteiger partial charge in [-0.2, -0.15) is 0 Å². The summed E-state index contributed by atoms with van der Waals surface area (Å²) in [5, 5.41) is 1.79. The molecule has 1 aromatic carbocycles. The van der Waals surface area contributed by atoms with Gasteiger partial charge in [-0.1, -0.05) is 18.2 Å². The molecular weight excluding hydrogens is 224 g/mol. The summed E-state index contributed by atoms with van der Waals surface area (Å²) in [5.74, 6) is -0.153. The number of ether oxygens (including phenoxy) is 1. The van der Waals surface area contributed by atoms with E-state index < -0.39 is 5.97 Å². The molecule has 0 fully saturated rings.